The molecule has 1 fully saturated rings. The molecule has 162 valence electrons. The molecule has 4 heterocycles. The lowest BCUT2D eigenvalue weighted by Gasteiger charge is -2.35. The average molecular weight is 438 g/mol. The predicted molar refractivity (Wildman–Crippen MR) is 123 cm³/mol. The zero-order chi connectivity index (χ0) is 21.7. The highest BCUT2D eigenvalue weighted by molar-refractivity contribution is 7.22. The lowest BCUT2D eigenvalue weighted by molar-refractivity contribution is 0.151. The number of aliphatic hydroxyl groups excluding tert-OH is 1. The molecule has 0 amide bonds. The summed E-state index contributed by atoms with van der Waals surface area (Å²) in [4.78, 5) is 16.3. The molecule has 5 rings (SSSR count). The second kappa shape index (κ2) is 7.72. The summed E-state index contributed by atoms with van der Waals surface area (Å²) in [5, 5.41) is 18.8. The first-order valence-electron chi connectivity index (χ1n) is 10.7. The van der Waals surface area contributed by atoms with Crippen LogP contribution in [-0.2, 0) is 7.05 Å². The van der Waals surface area contributed by atoms with Crippen LogP contribution in [0.25, 0.3) is 32.4 Å². The Bertz CT molecular complexity index is 1230. The van der Waals surface area contributed by atoms with Crippen LogP contribution in [0.4, 0.5) is 5.82 Å². The number of imidazole rings is 1. The molecule has 9 heteroatoms. The molecular formula is C22H27N7OS. The van der Waals surface area contributed by atoms with Gasteiger partial charge in [-0.3, -0.25) is 4.68 Å². The number of anilines is 1. The van der Waals surface area contributed by atoms with E-state index in [2.05, 4.69) is 37.1 Å². The van der Waals surface area contributed by atoms with E-state index in [4.69, 9.17) is 15.1 Å². The maximum absolute atomic E-state index is 9.38. The summed E-state index contributed by atoms with van der Waals surface area (Å²) in [7, 11) is 1.95. The van der Waals surface area contributed by atoms with Gasteiger partial charge in [-0.25, -0.2) is 15.0 Å². The molecule has 0 aromatic carbocycles. The van der Waals surface area contributed by atoms with Crippen LogP contribution in [0.2, 0.25) is 0 Å². The van der Waals surface area contributed by atoms with Gasteiger partial charge in [0.05, 0.1) is 10.3 Å². The quantitative estimate of drug-likeness (QED) is 0.473. The van der Waals surface area contributed by atoms with Gasteiger partial charge < -0.3 is 15.0 Å². The molecule has 0 saturated heterocycles. The van der Waals surface area contributed by atoms with E-state index in [1.54, 1.807) is 17.5 Å². The fraction of sp³-hybridized carbons (Fsp3) is 0.455. The Balaban J connectivity index is 1.62. The zero-order valence-electron chi connectivity index (χ0n) is 18.2. The lowest BCUT2D eigenvalue weighted by Crippen LogP contribution is -2.37. The molecule has 4 aromatic rings. The van der Waals surface area contributed by atoms with Gasteiger partial charge in [-0.15, -0.1) is 11.3 Å². The summed E-state index contributed by atoms with van der Waals surface area (Å²) >= 11 is 1.65. The molecule has 31 heavy (non-hydrogen) atoms. The highest BCUT2D eigenvalue weighted by atomic mass is 32.1. The predicted octanol–water partition coefficient (Wildman–Crippen LogP) is 4.03. The molecule has 0 unspecified atom stereocenters. The highest BCUT2D eigenvalue weighted by Gasteiger charge is 2.30. The molecular weight excluding hydrogens is 410 g/mol. The van der Waals surface area contributed by atoms with E-state index in [0.29, 0.717) is 23.8 Å². The van der Waals surface area contributed by atoms with E-state index in [1.165, 1.54) is 0 Å². The smallest absolute Gasteiger partial charge is 0.199 e. The van der Waals surface area contributed by atoms with E-state index < -0.39 is 0 Å². The largest absolute Gasteiger partial charge is 0.396 e. The van der Waals surface area contributed by atoms with Crippen molar-refractivity contribution in [3.8, 4) is 22.2 Å². The van der Waals surface area contributed by atoms with Crippen LogP contribution in [-0.4, -0.2) is 47.1 Å². The Morgan fingerprint density at radius 3 is 2.71 bits per heavy atom. The topological polar surface area (TPSA) is 93.7 Å². The third-order valence-corrected chi connectivity index (χ3v) is 7.22. The lowest BCUT2D eigenvalue weighted by atomic mass is 9.81. The maximum atomic E-state index is 9.38. The van der Waals surface area contributed by atoms with Crippen molar-refractivity contribution in [2.45, 2.75) is 45.7 Å². The molecule has 0 aliphatic heterocycles. The van der Waals surface area contributed by atoms with E-state index in [-0.39, 0.29) is 6.61 Å². The maximum Gasteiger partial charge on any atom is 0.199 e. The van der Waals surface area contributed by atoms with E-state index >= 15 is 0 Å². The fourth-order valence-electron chi connectivity index (χ4n) is 4.11. The minimum atomic E-state index is 0.246. The minimum Gasteiger partial charge on any atom is -0.396 e. The van der Waals surface area contributed by atoms with Crippen molar-refractivity contribution >= 4 is 27.4 Å². The van der Waals surface area contributed by atoms with Crippen LogP contribution in [0, 0.1) is 12.8 Å². The SMILES string of the molecule is Cc1c(-c2ccn(C(C)C)n2)sc2nc(-c3nccn3C)nc(NC3CC(CO)C3)c12. The number of fused-ring (bicyclic) bond motifs is 1. The monoisotopic (exact) mass is 437 g/mol. The number of hydrogen-bond acceptors (Lipinski definition) is 7. The number of nitrogens with zero attached hydrogens (tertiary/aromatic N) is 6. The molecule has 0 atom stereocenters. The second-order valence-electron chi connectivity index (χ2n) is 8.63. The van der Waals surface area contributed by atoms with Crippen molar-refractivity contribution in [3.05, 3.63) is 30.2 Å². The van der Waals surface area contributed by atoms with E-state index in [1.807, 2.05) is 28.7 Å². The van der Waals surface area contributed by atoms with Crippen molar-refractivity contribution in [3.63, 3.8) is 0 Å². The number of rotatable bonds is 6. The summed E-state index contributed by atoms with van der Waals surface area (Å²) in [5.74, 6) is 2.57. The molecule has 4 aromatic heterocycles. The summed E-state index contributed by atoms with van der Waals surface area (Å²) < 4.78 is 3.91. The fourth-order valence-corrected chi connectivity index (χ4v) is 5.26. The van der Waals surface area contributed by atoms with Gasteiger partial charge in [-0.1, -0.05) is 0 Å². The molecule has 0 radical (unpaired) electrons. The van der Waals surface area contributed by atoms with Crippen LogP contribution in [0.1, 0.15) is 38.3 Å². The van der Waals surface area contributed by atoms with Gasteiger partial charge in [0.2, 0.25) is 0 Å². The summed E-state index contributed by atoms with van der Waals surface area (Å²) in [6.45, 7) is 6.61. The Morgan fingerprint density at radius 2 is 2.06 bits per heavy atom. The Labute approximate surface area is 185 Å². The Hall–Kier alpha value is -2.78. The Morgan fingerprint density at radius 1 is 1.26 bits per heavy atom. The van der Waals surface area contributed by atoms with Crippen molar-refractivity contribution in [2.75, 3.05) is 11.9 Å². The van der Waals surface area contributed by atoms with Gasteiger partial charge in [-0.05, 0) is 51.2 Å². The summed E-state index contributed by atoms with van der Waals surface area (Å²) in [6, 6.07) is 2.69. The molecule has 2 N–H and O–H groups in total. The van der Waals surface area contributed by atoms with Gasteiger partial charge in [0.1, 0.15) is 16.3 Å². The van der Waals surface area contributed by atoms with Crippen LogP contribution in [0.3, 0.4) is 0 Å². The second-order valence-corrected chi connectivity index (χ2v) is 9.63. The number of thiophene rings is 1. The molecule has 1 saturated carbocycles. The van der Waals surface area contributed by atoms with Crippen molar-refractivity contribution < 1.29 is 5.11 Å². The van der Waals surface area contributed by atoms with Gasteiger partial charge in [0, 0.05) is 44.3 Å². The van der Waals surface area contributed by atoms with Gasteiger partial charge in [0.25, 0.3) is 0 Å². The number of nitrogens with one attached hydrogen (secondary N) is 1. The van der Waals surface area contributed by atoms with Crippen LogP contribution in [0.15, 0.2) is 24.7 Å². The summed E-state index contributed by atoms with van der Waals surface area (Å²) in [6.07, 6.45) is 7.59. The number of hydrogen-bond donors (Lipinski definition) is 2. The number of aryl methyl sites for hydroxylation is 2. The molecule has 0 spiro atoms. The Kier molecular flexibility index (Phi) is 5.02. The molecule has 1 aliphatic rings. The molecule has 8 nitrogen and oxygen atoms in total. The number of aromatic nitrogens is 6. The zero-order valence-corrected chi connectivity index (χ0v) is 19.0. The van der Waals surface area contributed by atoms with Crippen molar-refractivity contribution in [2.24, 2.45) is 13.0 Å². The van der Waals surface area contributed by atoms with E-state index in [0.717, 1.165) is 50.8 Å². The third kappa shape index (κ3) is 3.51. The number of aliphatic hydroxyl groups is 1. The molecule has 1 aliphatic carbocycles. The van der Waals surface area contributed by atoms with Crippen molar-refractivity contribution in [1.82, 2.24) is 29.3 Å². The van der Waals surface area contributed by atoms with Crippen molar-refractivity contribution in [1.29, 1.82) is 0 Å². The van der Waals surface area contributed by atoms with Gasteiger partial charge in [0.15, 0.2) is 11.6 Å². The van der Waals surface area contributed by atoms with Crippen LogP contribution >= 0.6 is 11.3 Å². The first kappa shape index (κ1) is 20.1. The first-order valence-corrected chi connectivity index (χ1v) is 11.5. The normalized spacial score (nSPS) is 18.6. The van der Waals surface area contributed by atoms with Crippen LogP contribution < -0.4 is 5.32 Å². The van der Waals surface area contributed by atoms with Gasteiger partial charge >= 0.3 is 0 Å². The first-order chi connectivity index (χ1) is 14.9. The van der Waals surface area contributed by atoms with Crippen LogP contribution in [0.5, 0.6) is 0 Å². The van der Waals surface area contributed by atoms with E-state index in [9.17, 15) is 5.11 Å². The minimum absolute atomic E-state index is 0.246. The average Bonchev–Trinajstić information content (AvgIpc) is 3.43. The van der Waals surface area contributed by atoms with Gasteiger partial charge in [-0.2, -0.15) is 5.10 Å². The summed E-state index contributed by atoms with van der Waals surface area (Å²) in [5.41, 5.74) is 2.10. The standard InChI is InChI=1S/C22H27N7OS/c1-12(2)29-7-5-16(27-29)18-13(3)17-19(24-15-9-14(10-15)11-30)25-20(26-22(17)31-18)21-23-6-8-28(21)4/h5-8,12,14-15,30H,9-11H2,1-4H3,(H,24,25,26). The molecule has 0 bridgehead atoms. The third-order valence-electron chi connectivity index (χ3n) is 6.02. The highest BCUT2D eigenvalue weighted by Crippen LogP contribution is 2.41.